The number of pyridine rings is 1. The van der Waals surface area contributed by atoms with Crippen LogP contribution in [-0.2, 0) is 4.79 Å². The van der Waals surface area contributed by atoms with E-state index >= 15 is 0 Å². The van der Waals surface area contributed by atoms with Crippen LogP contribution in [0, 0.1) is 6.92 Å². The number of aryl methyl sites for hydroxylation is 1. The van der Waals surface area contributed by atoms with E-state index in [9.17, 15) is 4.79 Å². The van der Waals surface area contributed by atoms with Gasteiger partial charge < -0.3 is 0 Å². The fraction of sp³-hybridized carbons (Fsp3) is 0.455. The molecule has 0 aliphatic carbocycles. The molecule has 1 aromatic heterocycles. The average Bonchev–Trinajstić information content (AvgIpc) is 2.10. The first-order valence-electron chi connectivity index (χ1n) is 4.73. The highest BCUT2D eigenvalue weighted by Crippen LogP contribution is 2.23. The number of carbonyl (C=O) groups excluding carboxylic acids is 1. The second-order valence-electron chi connectivity index (χ2n) is 4.44. The third kappa shape index (κ3) is 2.78. The monoisotopic (exact) mass is 270 g/mol. The number of amides is 1. The molecule has 0 fully saturated rings. The van der Waals surface area contributed by atoms with Crippen LogP contribution in [0.2, 0.25) is 0 Å². The maximum absolute atomic E-state index is 11.0. The molecule has 0 atom stereocenters. The van der Waals surface area contributed by atoms with Gasteiger partial charge in [-0.3, -0.25) is 9.69 Å². The lowest BCUT2D eigenvalue weighted by Gasteiger charge is -2.31. The van der Waals surface area contributed by atoms with Gasteiger partial charge in [0.2, 0.25) is 6.41 Å². The highest BCUT2D eigenvalue weighted by molar-refractivity contribution is 9.10. The van der Waals surface area contributed by atoms with Crippen molar-refractivity contribution in [2.24, 2.45) is 0 Å². The van der Waals surface area contributed by atoms with Crippen LogP contribution >= 0.6 is 15.9 Å². The summed E-state index contributed by atoms with van der Waals surface area (Å²) in [6.45, 7) is 7.89. The Morgan fingerprint density at radius 1 is 1.47 bits per heavy atom. The lowest BCUT2D eigenvalue weighted by atomic mass is 10.1. The van der Waals surface area contributed by atoms with E-state index in [-0.39, 0.29) is 5.54 Å². The number of rotatable bonds is 2. The van der Waals surface area contributed by atoms with Gasteiger partial charge in [0.25, 0.3) is 0 Å². The average molecular weight is 271 g/mol. The standard InChI is InChI=1S/C11H15BrN2O/c1-8-5-10(13-6-9(8)12)14(7-15)11(2,3)4/h5-7H,1-4H3. The van der Waals surface area contributed by atoms with E-state index in [2.05, 4.69) is 20.9 Å². The van der Waals surface area contributed by atoms with Gasteiger partial charge in [-0.1, -0.05) is 0 Å². The molecule has 0 radical (unpaired) electrons. The summed E-state index contributed by atoms with van der Waals surface area (Å²) in [4.78, 5) is 16.9. The van der Waals surface area contributed by atoms with Crippen LogP contribution in [0.5, 0.6) is 0 Å². The summed E-state index contributed by atoms with van der Waals surface area (Å²) in [7, 11) is 0. The van der Waals surface area contributed by atoms with Gasteiger partial charge in [0.1, 0.15) is 5.82 Å². The molecule has 0 spiro atoms. The van der Waals surface area contributed by atoms with Gasteiger partial charge in [0, 0.05) is 16.2 Å². The molecule has 0 saturated carbocycles. The van der Waals surface area contributed by atoms with Crippen molar-refractivity contribution >= 4 is 28.2 Å². The second kappa shape index (κ2) is 4.31. The first kappa shape index (κ1) is 12.2. The number of halogens is 1. The van der Waals surface area contributed by atoms with E-state index in [0.717, 1.165) is 16.4 Å². The Labute approximate surface area is 98.6 Å². The molecule has 3 nitrogen and oxygen atoms in total. The van der Waals surface area contributed by atoms with Gasteiger partial charge in [-0.15, -0.1) is 0 Å². The van der Waals surface area contributed by atoms with E-state index in [4.69, 9.17) is 0 Å². The van der Waals surface area contributed by atoms with Gasteiger partial charge in [-0.05, 0) is 55.3 Å². The fourth-order valence-corrected chi connectivity index (χ4v) is 1.43. The van der Waals surface area contributed by atoms with Crippen LogP contribution in [0.25, 0.3) is 0 Å². The molecule has 82 valence electrons. The van der Waals surface area contributed by atoms with Crippen molar-refractivity contribution in [3.63, 3.8) is 0 Å². The Hall–Kier alpha value is -0.900. The number of hydrogen-bond donors (Lipinski definition) is 0. The van der Waals surface area contributed by atoms with Gasteiger partial charge in [0.05, 0.1) is 0 Å². The molecule has 0 N–H and O–H groups in total. The lowest BCUT2D eigenvalue weighted by Crippen LogP contribution is -2.40. The zero-order valence-corrected chi connectivity index (χ0v) is 11.0. The van der Waals surface area contributed by atoms with Crippen molar-refractivity contribution in [3.8, 4) is 0 Å². The normalized spacial score (nSPS) is 11.3. The zero-order valence-electron chi connectivity index (χ0n) is 9.41. The minimum absolute atomic E-state index is 0.255. The van der Waals surface area contributed by atoms with Crippen molar-refractivity contribution in [2.45, 2.75) is 33.2 Å². The van der Waals surface area contributed by atoms with Crippen LogP contribution in [-0.4, -0.2) is 16.9 Å². The predicted molar refractivity (Wildman–Crippen MR) is 65.0 cm³/mol. The Morgan fingerprint density at radius 3 is 2.47 bits per heavy atom. The van der Waals surface area contributed by atoms with Crippen molar-refractivity contribution in [1.82, 2.24) is 4.98 Å². The summed E-state index contributed by atoms with van der Waals surface area (Å²) in [6.07, 6.45) is 2.53. The van der Waals surface area contributed by atoms with Crippen LogP contribution in [0.3, 0.4) is 0 Å². The van der Waals surface area contributed by atoms with Gasteiger partial charge >= 0.3 is 0 Å². The first-order chi connectivity index (χ1) is 6.86. The van der Waals surface area contributed by atoms with Crippen molar-refractivity contribution in [2.75, 3.05) is 4.90 Å². The minimum Gasteiger partial charge on any atom is -0.294 e. The Balaban J connectivity index is 3.14. The SMILES string of the molecule is Cc1cc(N(C=O)C(C)(C)C)ncc1Br. The van der Waals surface area contributed by atoms with Crippen molar-refractivity contribution in [3.05, 3.63) is 22.3 Å². The molecule has 15 heavy (non-hydrogen) atoms. The van der Waals surface area contributed by atoms with Crippen LogP contribution in [0.1, 0.15) is 26.3 Å². The molecule has 0 aliphatic rings. The third-order valence-corrected chi connectivity index (χ3v) is 2.94. The lowest BCUT2D eigenvalue weighted by molar-refractivity contribution is -0.108. The molecular formula is C11H15BrN2O. The van der Waals surface area contributed by atoms with E-state index in [1.165, 1.54) is 0 Å². The molecule has 0 aromatic carbocycles. The van der Waals surface area contributed by atoms with E-state index < -0.39 is 0 Å². The maximum atomic E-state index is 11.0. The van der Waals surface area contributed by atoms with E-state index in [0.29, 0.717) is 5.82 Å². The van der Waals surface area contributed by atoms with E-state index in [1.807, 2.05) is 33.8 Å². The Morgan fingerprint density at radius 2 is 2.07 bits per heavy atom. The number of aromatic nitrogens is 1. The maximum Gasteiger partial charge on any atom is 0.215 e. The molecule has 1 heterocycles. The Bertz CT molecular complexity index is 371. The molecular weight excluding hydrogens is 256 g/mol. The highest BCUT2D eigenvalue weighted by atomic mass is 79.9. The fourth-order valence-electron chi connectivity index (χ4n) is 1.21. The smallest absolute Gasteiger partial charge is 0.215 e. The van der Waals surface area contributed by atoms with Crippen LogP contribution < -0.4 is 4.90 Å². The second-order valence-corrected chi connectivity index (χ2v) is 5.29. The molecule has 0 unspecified atom stereocenters. The minimum atomic E-state index is -0.255. The van der Waals surface area contributed by atoms with Crippen molar-refractivity contribution < 1.29 is 4.79 Å². The summed E-state index contributed by atoms with van der Waals surface area (Å²) in [5, 5.41) is 0. The summed E-state index contributed by atoms with van der Waals surface area (Å²) < 4.78 is 0.950. The van der Waals surface area contributed by atoms with Crippen molar-refractivity contribution in [1.29, 1.82) is 0 Å². The number of nitrogens with zero attached hydrogens (tertiary/aromatic N) is 2. The van der Waals surface area contributed by atoms with Crippen LogP contribution in [0.15, 0.2) is 16.7 Å². The van der Waals surface area contributed by atoms with Gasteiger partial charge in [-0.2, -0.15) is 0 Å². The molecule has 0 aliphatic heterocycles. The molecule has 4 heteroatoms. The first-order valence-corrected chi connectivity index (χ1v) is 5.52. The van der Waals surface area contributed by atoms with Crippen LogP contribution in [0.4, 0.5) is 5.82 Å². The summed E-state index contributed by atoms with van der Waals surface area (Å²) in [6, 6.07) is 1.89. The molecule has 0 bridgehead atoms. The summed E-state index contributed by atoms with van der Waals surface area (Å²) in [5.74, 6) is 0.679. The van der Waals surface area contributed by atoms with Gasteiger partial charge in [-0.25, -0.2) is 4.98 Å². The van der Waals surface area contributed by atoms with Gasteiger partial charge in [0.15, 0.2) is 0 Å². The molecule has 1 amide bonds. The summed E-state index contributed by atoms with van der Waals surface area (Å²) >= 11 is 3.38. The number of carbonyl (C=O) groups is 1. The molecule has 1 rings (SSSR count). The van der Waals surface area contributed by atoms with E-state index in [1.54, 1.807) is 11.1 Å². The molecule has 1 aromatic rings. The summed E-state index contributed by atoms with van der Waals surface area (Å²) in [5.41, 5.74) is 0.811. The predicted octanol–water partition coefficient (Wildman–Crippen LogP) is 2.91. The topological polar surface area (TPSA) is 33.2 Å². The largest absolute Gasteiger partial charge is 0.294 e. The number of anilines is 1. The quantitative estimate of drug-likeness (QED) is 0.775. The zero-order chi connectivity index (χ0) is 11.6. The molecule has 0 saturated heterocycles. The Kier molecular flexibility index (Phi) is 3.50. The number of hydrogen-bond acceptors (Lipinski definition) is 2. The highest BCUT2D eigenvalue weighted by Gasteiger charge is 2.22. The third-order valence-electron chi connectivity index (χ3n) is 2.11.